The number of hydrogen-bond donors (Lipinski definition) is 3. The van der Waals surface area contributed by atoms with E-state index in [-0.39, 0.29) is 13.2 Å². The van der Waals surface area contributed by atoms with Gasteiger partial charge < -0.3 is 25.4 Å². The third kappa shape index (κ3) is 5.25. The van der Waals surface area contributed by atoms with Crippen LogP contribution in [0.15, 0.2) is 24.3 Å². The summed E-state index contributed by atoms with van der Waals surface area (Å²) in [6.45, 7) is -0.316. The molecule has 0 aliphatic heterocycles. The summed E-state index contributed by atoms with van der Waals surface area (Å²) >= 11 is 0. The SMILES string of the molecule is COC(=O)[C@@H](N)Cc1ccc(OC[C@@H](O)CO)cc1. The lowest BCUT2D eigenvalue weighted by molar-refractivity contribution is -0.142. The number of ether oxygens (including phenoxy) is 2. The fourth-order valence-electron chi connectivity index (χ4n) is 1.46. The van der Waals surface area contributed by atoms with Crippen molar-refractivity contribution < 1.29 is 24.5 Å². The molecule has 4 N–H and O–H groups in total. The van der Waals surface area contributed by atoms with Gasteiger partial charge in [-0.05, 0) is 24.1 Å². The Hall–Kier alpha value is -1.63. The fourth-order valence-corrected chi connectivity index (χ4v) is 1.46. The van der Waals surface area contributed by atoms with Gasteiger partial charge in [-0.15, -0.1) is 0 Å². The molecule has 1 aromatic rings. The lowest BCUT2D eigenvalue weighted by Gasteiger charge is -2.11. The van der Waals surface area contributed by atoms with E-state index in [9.17, 15) is 4.79 Å². The van der Waals surface area contributed by atoms with Gasteiger partial charge in [-0.1, -0.05) is 12.1 Å². The van der Waals surface area contributed by atoms with Crippen LogP contribution in [0.4, 0.5) is 0 Å². The van der Waals surface area contributed by atoms with E-state index in [2.05, 4.69) is 4.74 Å². The van der Waals surface area contributed by atoms with Crippen LogP contribution >= 0.6 is 0 Å². The molecule has 0 spiro atoms. The van der Waals surface area contributed by atoms with Crippen LogP contribution in [0.5, 0.6) is 5.75 Å². The summed E-state index contributed by atoms with van der Waals surface area (Å²) in [5, 5.41) is 17.8. The first kappa shape index (κ1) is 15.4. The topological polar surface area (TPSA) is 102 Å². The Kier molecular flexibility index (Phi) is 6.27. The van der Waals surface area contributed by atoms with E-state index in [4.69, 9.17) is 20.7 Å². The molecule has 6 heteroatoms. The molecule has 0 saturated carbocycles. The van der Waals surface area contributed by atoms with Crippen LogP contribution in [0.3, 0.4) is 0 Å². The first-order valence-corrected chi connectivity index (χ1v) is 5.91. The van der Waals surface area contributed by atoms with Gasteiger partial charge in [0.1, 0.15) is 24.5 Å². The van der Waals surface area contributed by atoms with Gasteiger partial charge in [-0.25, -0.2) is 0 Å². The number of aliphatic hydroxyl groups excluding tert-OH is 2. The maximum atomic E-state index is 11.2. The molecular formula is C13H19NO5. The summed E-state index contributed by atoms with van der Waals surface area (Å²) in [5.74, 6) is 0.120. The molecule has 1 rings (SSSR count). The number of carbonyl (C=O) groups is 1. The lowest BCUT2D eigenvalue weighted by atomic mass is 10.1. The van der Waals surface area contributed by atoms with Crippen LogP contribution in [-0.2, 0) is 16.0 Å². The number of hydrogen-bond acceptors (Lipinski definition) is 6. The zero-order valence-corrected chi connectivity index (χ0v) is 10.8. The Balaban J connectivity index is 2.49. The minimum atomic E-state index is -0.896. The van der Waals surface area contributed by atoms with Gasteiger partial charge in [0, 0.05) is 0 Å². The van der Waals surface area contributed by atoms with Gasteiger partial charge in [0.15, 0.2) is 0 Å². The van der Waals surface area contributed by atoms with Crippen molar-refractivity contribution in [2.24, 2.45) is 5.73 Å². The van der Waals surface area contributed by atoms with Crippen molar-refractivity contribution in [1.29, 1.82) is 0 Å². The number of esters is 1. The van der Waals surface area contributed by atoms with Crippen molar-refractivity contribution >= 4 is 5.97 Å². The molecule has 2 atom stereocenters. The van der Waals surface area contributed by atoms with E-state index in [0.717, 1.165) is 5.56 Å². The van der Waals surface area contributed by atoms with E-state index < -0.39 is 18.1 Å². The molecule has 6 nitrogen and oxygen atoms in total. The molecule has 106 valence electrons. The van der Waals surface area contributed by atoms with Crippen molar-refractivity contribution in [2.75, 3.05) is 20.3 Å². The first-order valence-electron chi connectivity index (χ1n) is 5.91. The van der Waals surface area contributed by atoms with Crippen molar-refractivity contribution in [3.05, 3.63) is 29.8 Å². The second kappa shape index (κ2) is 7.73. The zero-order chi connectivity index (χ0) is 14.3. The first-order chi connectivity index (χ1) is 9.06. The summed E-state index contributed by atoms with van der Waals surface area (Å²) in [6, 6.07) is 6.30. The monoisotopic (exact) mass is 269 g/mol. The van der Waals surface area contributed by atoms with E-state index in [1.807, 2.05) is 0 Å². The molecule has 0 bridgehead atoms. The molecule has 0 radical (unpaired) electrons. The quantitative estimate of drug-likeness (QED) is 0.575. The summed E-state index contributed by atoms with van der Waals surface area (Å²) in [5.41, 5.74) is 6.53. The van der Waals surface area contributed by atoms with Gasteiger partial charge >= 0.3 is 5.97 Å². The highest BCUT2D eigenvalue weighted by Gasteiger charge is 2.14. The van der Waals surface area contributed by atoms with E-state index in [1.165, 1.54) is 7.11 Å². The van der Waals surface area contributed by atoms with Crippen molar-refractivity contribution in [3.8, 4) is 5.75 Å². The van der Waals surface area contributed by atoms with Gasteiger partial charge in [0.25, 0.3) is 0 Å². The number of methoxy groups -OCH3 is 1. The molecule has 0 aliphatic carbocycles. The molecule has 0 amide bonds. The highest BCUT2D eigenvalue weighted by molar-refractivity contribution is 5.75. The van der Waals surface area contributed by atoms with Crippen LogP contribution in [0.2, 0.25) is 0 Å². The molecule has 0 aromatic heterocycles. The second-order valence-corrected chi connectivity index (χ2v) is 4.13. The third-order valence-corrected chi connectivity index (χ3v) is 2.54. The molecule has 0 saturated heterocycles. The molecule has 0 aliphatic rings. The normalized spacial score (nSPS) is 13.7. The smallest absolute Gasteiger partial charge is 0.322 e. The fraction of sp³-hybridized carbons (Fsp3) is 0.462. The summed E-state index contributed by atoms with van der Waals surface area (Å²) in [6.07, 6.45) is -0.515. The van der Waals surface area contributed by atoms with E-state index in [0.29, 0.717) is 12.2 Å². The van der Waals surface area contributed by atoms with E-state index >= 15 is 0 Å². The molecule has 0 unspecified atom stereocenters. The number of carbonyl (C=O) groups excluding carboxylic acids is 1. The minimum Gasteiger partial charge on any atom is -0.491 e. The van der Waals surface area contributed by atoms with Crippen LogP contribution in [0.1, 0.15) is 5.56 Å². The highest BCUT2D eigenvalue weighted by Crippen LogP contribution is 2.13. The number of nitrogens with two attached hydrogens (primary N) is 1. The van der Waals surface area contributed by atoms with Crippen molar-refractivity contribution in [1.82, 2.24) is 0 Å². The average molecular weight is 269 g/mol. The minimum absolute atomic E-state index is 0.0253. The Morgan fingerprint density at radius 3 is 2.53 bits per heavy atom. The Morgan fingerprint density at radius 1 is 1.37 bits per heavy atom. The van der Waals surface area contributed by atoms with Crippen LogP contribution in [0, 0.1) is 0 Å². The van der Waals surface area contributed by atoms with E-state index in [1.54, 1.807) is 24.3 Å². The number of aliphatic hydroxyl groups is 2. The summed E-state index contributed by atoms with van der Waals surface area (Å²) in [7, 11) is 1.30. The Labute approximate surface area is 111 Å². The van der Waals surface area contributed by atoms with Crippen LogP contribution < -0.4 is 10.5 Å². The average Bonchev–Trinajstić information content (AvgIpc) is 2.45. The Morgan fingerprint density at radius 2 is 2.00 bits per heavy atom. The zero-order valence-electron chi connectivity index (χ0n) is 10.8. The van der Waals surface area contributed by atoms with Gasteiger partial charge in [0.05, 0.1) is 13.7 Å². The Bertz CT molecular complexity index is 393. The lowest BCUT2D eigenvalue weighted by Crippen LogP contribution is -2.33. The van der Waals surface area contributed by atoms with Gasteiger partial charge in [-0.3, -0.25) is 4.79 Å². The van der Waals surface area contributed by atoms with Gasteiger partial charge in [0.2, 0.25) is 0 Å². The van der Waals surface area contributed by atoms with Crippen molar-refractivity contribution in [2.45, 2.75) is 18.6 Å². The highest BCUT2D eigenvalue weighted by atomic mass is 16.5. The van der Waals surface area contributed by atoms with Crippen molar-refractivity contribution in [3.63, 3.8) is 0 Å². The number of rotatable bonds is 7. The van der Waals surface area contributed by atoms with Crippen LogP contribution in [-0.4, -0.2) is 48.7 Å². The standard InChI is InChI=1S/C13H19NO5/c1-18-13(17)12(14)6-9-2-4-11(5-3-9)19-8-10(16)7-15/h2-5,10,12,15-16H,6-8,14H2,1H3/t10-,12-/m0/s1. The maximum Gasteiger partial charge on any atom is 0.322 e. The summed E-state index contributed by atoms with van der Waals surface area (Å²) in [4.78, 5) is 11.2. The predicted molar refractivity (Wildman–Crippen MR) is 68.7 cm³/mol. The summed E-state index contributed by atoms with van der Waals surface area (Å²) < 4.78 is 9.80. The largest absolute Gasteiger partial charge is 0.491 e. The van der Waals surface area contributed by atoms with Crippen LogP contribution in [0.25, 0.3) is 0 Å². The molecule has 0 fully saturated rings. The predicted octanol–water partition coefficient (Wildman–Crippen LogP) is -0.539. The van der Waals surface area contributed by atoms with Gasteiger partial charge in [-0.2, -0.15) is 0 Å². The maximum absolute atomic E-state index is 11.2. The molecular weight excluding hydrogens is 250 g/mol. The second-order valence-electron chi connectivity index (χ2n) is 4.13. The molecule has 0 heterocycles. The number of benzene rings is 1. The molecule has 19 heavy (non-hydrogen) atoms. The molecule has 1 aromatic carbocycles. The third-order valence-electron chi connectivity index (χ3n) is 2.54.